The number of nitrogens with zero attached hydrogens (tertiary/aromatic N) is 1. The average Bonchev–Trinajstić information content (AvgIpc) is 3.57. The Morgan fingerprint density at radius 2 is 1.74 bits per heavy atom. The van der Waals surface area contributed by atoms with Gasteiger partial charge in [-0.25, -0.2) is 21.6 Å². The quantitative estimate of drug-likeness (QED) is 0.500. The van der Waals surface area contributed by atoms with Crippen LogP contribution in [0.2, 0.25) is 0 Å². The van der Waals surface area contributed by atoms with Crippen molar-refractivity contribution in [1.29, 1.82) is 0 Å². The van der Waals surface area contributed by atoms with E-state index in [0.29, 0.717) is 25.0 Å². The molecule has 2 aromatic carbocycles. The van der Waals surface area contributed by atoms with Crippen LogP contribution in [0.1, 0.15) is 46.8 Å². The smallest absolute Gasteiger partial charge is 0.347 e. The number of sulfone groups is 1. The van der Waals surface area contributed by atoms with Gasteiger partial charge in [-0.2, -0.15) is 13.2 Å². The number of hydrogen-bond donors (Lipinski definition) is 1. The largest absolute Gasteiger partial charge is 0.416 e. The van der Waals surface area contributed by atoms with Crippen LogP contribution in [-0.2, 0) is 20.8 Å². The third-order valence-electron chi connectivity index (χ3n) is 6.82. The number of likely N-dealkylation sites (tertiary alicyclic amines) is 1. The van der Waals surface area contributed by atoms with Crippen molar-refractivity contribution in [3.63, 3.8) is 0 Å². The number of carbonyl (C=O) groups excluding carboxylic acids is 2. The molecule has 1 aliphatic heterocycles. The number of nitrogens with one attached hydrogen (secondary N) is 1. The lowest BCUT2D eigenvalue weighted by atomic mass is 9.98. The van der Waals surface area contributed by atoms with Gasteiger partial charge < -0.3 is 10.2 Å². The SMILES string of the molecule is CS(=O)(=O)c1cccc(C(=O)N2C[C@@H](C(F)F)C[C@@H]2C(=O)NC(c2ccc(C(F)(F)F)cc2F)C2CC2)c1. The summed E-state index contributed by atoms with van der Waals surface area (Å²) in [6.45, 7) is -0.472. The molecule has 2 fully saturated rings. The lowest BCUT2D eigenvalue weighted by Gasteiger charge is -2.27. The standard InChI is InChI=1S/C25H24F6N2O4S/c1-38(36,37)17-4-2-3-14(9-17)24(35)33-12-15(22(27)28)10-20(33)23(34)32-21(13-5-6-13)18-8-7-16(11-19(18)26)25(29,30)31/h2-4,7-9,11,13,15,20-22H,5-6,10,12H2,1H3,(H,32,34)/t15-,20+,21?/m0/s1. The molecule has 0 spiro atoms. The van der Waals surface area contributed by atoms with Crippen LogP contribution >= 0.6 is 0 Å². The topological polar surface area (TPSA) is 83.6 Å². The molecule has 13 heteroatoms. The first-order chi connectivity index (χ1) is 17.7. The summed E-state index contributed by atoms with van der Waals surface area (Å²) in [6, 6.07) is 4.56. The first-order valence-electron chi connectivity index (χ1n) is 11.7. The van der Waals surface area contributed by atoms with E-state index in [1.165, 1.54) is 18.2 Å². The van der Waals surface area contributed by atoms with Crippen LogP contribution in [0.25, 0.3) is 0 Å². The highest BCUT2D eigenvalue weighted by Gasteiger charge is 2.45. The van der Waals surface area contributed by atoms with Crippen molar-refractivity contribution in [2.45, 2.75) is 48.8 Å². The molecular weight excluding hydrogens is 538 g/mol. The molecule has 206 valence electrons. The van der Waals surface area contributed by atoms with Gasteiger partial charge >= 0.3 is 6.18 Å². The van der Waals surface area contributed by atoms with Crippen LogP contribution in [0.15, 0.2) is 47.4 Å². The molecule has 1 saturated carbocycles. The summed E-state index contributed by atoms with van der Waals surface area (Å²) in [5.41, 5.74) is -1.48. The fourth-order valence-electron chi connectivity index (χ4n) is 4.63. The third-order valence-corrected chi connectivity index (χ3v) is 7.93. The normalized spacial score (nSPS) is 21.0. The molecule has 0 bridgehead atoms. The Balaban J connectivity index is 1.61. The summed E-state index contributed by atoms with van der Waals surface area (Å²) >= 11 is 0. The van der Waals surface area contributed by atoms with Gasteiger partial charge in [-0.1, -0.05) is 12.1 Å². The molecule has 1 unspecified atom stereocenters. The predicted molar refractivity (Wildman–Crippen MR) is 123 cm³/mol. The van der Waals surface area contributed by atoms with Crippen LogP contribution in [0.3, 0.4) is 0 Å². The molecule has 3 atom stereocenters. The van der Waals surface area contributed by atoms with Crippen molar-refractivity contribution >= 4 is 21.7 Å². The maximum atomic E-state index is 14.7. The Kier molecular flexibility index (Phi) is 7.52. The van der Waals surface area contributed by atoms with Crippen molar-refractivity contribution < 1.29 is 44.3 Å². The zero-order chi connectivity index (χ0) is 28.0. The zero-order valence-corrected chi connectivity index (χ0v) is 20.8. The first-order valence-corrected chi connectivity index (χ1v) is 13.6. The number of carbonyl (C=O) groups is 2. The highest BCUT2D eigenvalue weighted by molar-refractivity contribution is 7.90. The summed E-state index contributed by atoms with van der Waals surface area (Å²) in [6.07, 6.45) is -5.94. The minimum atomic E-state index is -4.76. The number of amides is 2. The molecule has 4 rings (SSSR count). The van der Waals surface area contributed by atoms with Crippen molar-refractivity contribution in [2.75, 3.05) is 12.8 Å². The van der Waals surface area contributed by atoms with E-state index in [2.05, 4.69) is 5.32 Å². The van der Waals surface area contributed by atoms with Gasteiger partial charge in [0.1, 0.15) is 11.9 Å². The number of alkyl halides is 5. The second-order valence-electron chi connectivity index (χ2n) is 9.66. The van der Waals surface area contributed by atoms with E-state index in [0.717, 1.165) is 23.3 Å². The monoisotopic (exact) mass is 562 g/mol. The summed E-state index contributed by atoms with van der Waals surface area (Å²) in [5, 5.41) is 2.57. The van der Waals surface area contributed by atoms with Crippen LogP contribution < -0.4 is 5.32 Å². The maximum Gasteiger partial charge on any atom is 0.416 e. The fourth-order valence-corrected chi connectivity index (χ4v) is 5.30. The molecule has 2 aromatic rings. The molecule has 6 nitrogen and oxygen atoms in total. The molecule has 38 heavy (non-hydrogen) atoms. The Labute approximate surface area is 214 Å². The molecular formula is C25H24F6N2O4S. The van der Waals surface area contributed by atoms with Crippen LogP contribution in [0.5, 0.6) is 0 Å². The van der Waals surface area contributed by atoms with Gasteiger partial charge in [0, 0.05) is 29.8 Å². The van der Waals surface area contributed by atoms with Gasteiger partial charge in [-0.15, -0.1) is 0 Å². The number of benzene rings is 2. The molecule has 0 aromatic heterocycles. The van der Waals surface area contributed by atoms with Gasteiger partial charge in [-0.3, -0.25) is 9.59 Å². The average molecular weight is 563 g/mol. The summed E-state index contributed by atoms with van der Waals surface area (Å²) in [7, 11) is -3.68. The van der Waals surface area contributed by atoms with Crippen molar-refractivity contribution in [3.8, 4) is 0 Å². The lowest BCUT2D eigenvalue weighted by Crippen LogP contribution is -2.47. The second-order valence-corrected chi connectivity index (χ2v) is 11.7. The molecule has 1 heterocycles. The third kappa shape index (κ3) is 5.97. The van der Waals surface area contributed by atoms with Crippen molar-refractivity contribution in [3.05, 3.63) is 65.0 Å². The van der Waals surface area contributed by atoms with Gasteiger partial charge in [-0.05, 0) is 55.5 Å². The summed E-state index contributed by atoms with van der Waals surface area (Å²) in [5.74, 6) is -4.46. The molecule has 1 aliphatic carbocycles. The number of hydrogen-bond acceptors (Lipinski definition) is 4. The minimum absolute atomic E-state index is 0.117. The van der Waals surface area contributed by atoms with E-state index < -0.39 is 76.6 Å². The van der Waals surface area contributed by atoms with E-state index >= 15 is 0 Å². The van der Waals surface area contributed by atoms with E-state index in [-0.39, 0.29) is 21.9 Å². The Morgan fingerprint density at radius 1 is 1.05 bits per heavy atom. The van der Waals surface area contributed by atoms with Crippen molar-refractivity contribution in [1.82, 2.24) is 10.2 Å². The van der Waals surface area contributed by atoms with Crippen LogP contribution in [0, 0.1) is 17.7 Å². The van der Waals surface area contributed by atoms with Gasteiger partial charge in [0.2, 0.25) is 12.3 Å². The Hall–Kier alpha value is -3.09. The van der Waals surface area contributed by atoms with Gasteiger partial charge in [0.25, 0.3) is 5.91 Å². The number of rotatable bonds is 7. The minimum Gasteiger partial charge on any atom is -0.347 e. The predicted octanol–water partition coefficient (Wildman–Crippen LogP) is 4.61. The van der Waals surface area contributed by atoms with Crippen LogP contribution in [-0.4, -0.2) is 50.4 Å². The van der Waals surface area contributed by atoms with E-state index in [4.69, 9.17) is 0 Å². The molecule has 1 saturated heterocycles. The van der Waals surface area contributed by atoms with Gasteiger partial charge in [0.05, 0.1) is 16.5 Å². The van der Waals surface area contributed by atoms with E-state index in [1.54, 1.807) is 0 Å². The molecule has 0 radical (unpaired) electrons. The Bertz CT molecular complexity index is 1340. The molecule has 2 aliphatic rings. The maximum absolute atomic E-state index is 14.7. The summed E-state index contributed by atoms with van der Waals surface area (Å²) < 4.78 is 105. The van der Waals surface area contributed by atoms with E-state index in [9.17, 15) is 44.3 Å². The Morgan fingerprint density at radius 3 is 2.29 bits per heavy atom. The first kappa shape index (κ1) is 27.9. The second kappa shape index (κ2) is 10.2. The highest BCUT2D eigenvalue weighted by Crippen LogP contribution is 2.43. The molecule has 1 N–H and O–H groups in total. The highest BCUT2D eigenvalue weighted by atomic mass is 32.2. The van der Waals surface area contributed by atoms with E-state index in [1.807, 2.05) is 0 Å². The van der Waals surface area contributed by atoms with Crippen molar-refractivity contribution in [2.24, 2.45) is 11.8 Å². The zero-order valence-electron chi connectivity index (χ0n) is 20.0. The molecule has 2 amide bonds. The fraction of sp³-hybridized carbons (Fsp3) is 0.440. The summed E-state index contributed by atoms with van der Waals surface area (Å²) in [4.78, 5) is 27.3. The van der Waals surface area contributed by atoms with Gasteiger partial charge in [0.15, 0.2) is 9.84 Å². The number of halogens is 6. The lowest BCUT2D eigenvalue weighted by molar-refractivity contribution is -0.137. The van der Waals surface area contributed by atoms with Crippen LogP contribution in [0.4, 0.5) is 26.3 Å².